The van der Waals surface area contributed by atoms with E-state index in [0.717, 1.165) is 36.8 Å². The van der Waals surface area contributed by atoms with Gasteiger partial charge in [-0.15, -0.1) is 12.4 Å². The third kappa shape index (κ3) is 9.50. The monoisotopic (exact) mass is 689 g/mol. The van der Waals surface area contributed by atoms with E-state index in [-0.39, 0.29) is 62.8 Å². The molecule has 2 aromatic rings. The second-order valence-corrected chi connectivity index (χ2v) is 13.1. The van der Waals surface area contributed by atoms with Crippen LogP contribution in [0.25, 0.3) is 0 Å². The summed E-state index contributed by atoms with van der Waals surface area (Å²) in [6, 6.07) is 4.22. The molecule has 4 heterocycles. The predicted molar refractivity (Wildman–Crippen MR) is 175 cm³/mol. The van der Waals surface area contributed by atoms with E-state index >= 15 is 0 Å². The van der Waals surface area contributed by atoms with E-state index in [0.29, 0.717) is 71.9 Å². The maximum absolute atomic E-state index is 13.1. The Balaban J connectivity index is 0.000000221. The van der Waals surface area contributed by atoms with Crippen LogP contribution in [0.4, 0.5) is 8.78 Å². The highest BCUT2D eigenvalue weighted by molar-refractivity contribution is 5.99. The summed E-state index contributed by atoms with van der Waals surface area (Å²) >= 11 is 0. The van der Waals surface area contributed by atoms with Crippen molar-refractivity contribution in [2.75, 3.05) is 19.8 Å². The smallest absolute Gasteiger partial charge is 0.306 e. The molecule has 0 saturated heterocycles. The van der Waals surface area contributed by atoms with Crippen LogP contribution < -0.4 is 15.2 Å². The first kappa shape index (κ1) is 36.7. The lowest BCUT2D eigenvalue weighted by Crippen LogP contribution is -2.25. The van der Waals surface area contributed by atoms with Crippen molar-refractivity contribution in [1.29, 1.82) is 0 Å². The molecular weight excluding hydrogens is 648 g/mol. The van der Waals surface area contributed by atoms with E-state index in [9.17, 15) is 23.2 Å². The molecule has 2 aromatic heterocycles. The molecule has 6 rings (SSSR count). The predicted octanol–water partition coefficient (Wildman–Crippen LogP) is 5.37. The number of aromatic nitrogens is 2. The number of fused-ring (bicyclic) bond motifs is 2. The fourth-order valence-electron chi connectivity index (χ4n) is 5.22. The molecule has 260 valence electrons. The zero-order valence-electron chi connectivity index (χ0n) is 27.4. The highest BCUT2D eigenvalue weighted by Gasteiger charge is 2.39. The van der Waals surface area contributed by atoms with Gasteiger partial charge in [-0.3, -0.25) is 14.4 Å². The van der Waals surface area contributed by atoms with Crippen LogP contribution >= 0.6 is 12.4 Å². The van der Waals surface area contributed by atoms with Crippen LogP contribution in [0.1, 0.15) is 91.1 Å². The fraction of sp³-hybridized carbons (Fsp3) is 0.500. The van der Waals surface area contributed by atoms with Crippen LogP contribution in [0.3, 0.4) is 0 Å². The van der Waals surface area contributed by atoms with Crippen LogP contribution in [0, 0.1) is 0 Å². The molecule has 0 atom stereocenters. The Bertz CT molecular complexity index is 1570. The van der Waals surface area contributed by atoms with Crippen molar-refractivity contribution in [1.82, 2.24) is 19.8 Å². The van der Waals surface area contributed by atoms with Crippen molar-refractivity contribution in [2.24, 2.45) is 5.73 Å². The number of pyridine rings is 2. The lowest BCUT2D eigenvalue weighted by molar-refractivity contribution is -0.154. The number of nitrogens with zero attached hydrogens (tertiary/aromatic N) is 4. The van der Waals surface area contributed by atoms with Crippen LogP contribution in [-0.4, -0.2) is 75.0 Å². The van der Waals surface area contributed by atoms with E-state index in [4.69, 9.17) is 19.9 Å². The van der Waals surface area contributed by atoms with Crippen molar-refractivity contribution in [3.05, 3.63) is 70.6 Å². The number of rotatable bonds is 12. The number of esters is 1. The Kier molecular flexibility index (Phi) is 12.1. The van der Waals surface area contributed by atoms with Gasteiger partial charge in [-0.25, -0.2) is 18.7 Å². The molecule has 14 heteroatoms. The molecular formula is C34H42ClF2N5O6. The molecule has 2 saturated carbocycles. The summed E-state index contributed by atoms with van der Waals surface area (Å²) in [7, 11) is 0. The van der Waals surface area contributed by atoms with Crippen LogP contribution in [0.5, 0.6) is 11.8 Å². The normalized spacial score (nSPS) is 17.3. The number of carbonyl (C=O) groups excluding carboxylic acids is 3. The van der Waals surface area contributed by atoms with E-state index in [1.807, 2.05) is 9.80 Å². The number of halogens is 3. The maximum atomic E-state index is 13.1. The van der Waals surface area contributed by atoms with Gasteiger partial charge in [0, 0.05) is 68.2 Å². The summed E-state index contributed by atoms with van der Waals surface area (Å²) in [5, 5.41) is 0. The standard InChI is InChI=1S/C20H25FN2O4.C14H16FN3O2.ClH/c1-20(2,3)27-18(24)7-4-13(9-21)12-26-17-8-14-11-23(15-5-6-15)19(25)16(14)10-22-17;15-4-9(5-16)8-20-13-3-10-7-18(11-1-2-11)14(19)12(10)6-17-13;/h8-10,15H,4-7,11-12H2,1-3H3;3-4,6,11H,1-2,5,7-8,16H2;1H/b13-9+;9-4+;. The first-order valence-corrected chi connectivity index (χ1v) is 15.8. The molecule has 0 aromatic carbocycles. The second kappa shape index (κ2) is 15.9. The minimum absolute atomic E-state index is 0. The van der Waals surface area contributed by atoms with Gasteiger partial charge >= 0.3 is 5.97 Å². The van der Waals surface area contributed by atoms with Gasteiger partial charge in [-0.1, -0.05) is 0 Å². The minimum Gasteiger partial charge on any atom is -0.473 e. The van der Waals surface area contributed by atoms with Gasteiger partial charge in [0.2, 0.25) is 11.8 Å². The topological polar surface area (TPSA) is 137 Å². The quantitative estimate of drug-likeness (QED) is 0.292. The van der Waals surface area contributed by atoms with Crippen molar-refractivity contribution < 1.29 is 37.4 Å². The lowest BCUT2D eigenvalue weighted by atomic mass is 10.1. The van der Waals surface area contributed by atoms with Crippen molar-refractivity contribution in [3.63, 3.8) is 0 Å². The summed E-state index contributed by atoms with van der Waals surface area (Å²) in [5.41, 5.74) is 8.56. The zero-order valence-corrected chi connectivity index (χ0v) is 28.2. The first-order valence-electron chi connectivity index (χ1n) is 15.8. The largest absolute Gasteiger partial charge is 0.473 e. The molecule has 48 heavy (non-hydrogen) atoms. The average Bonchev–Trinajstić information content (AvgIpc) is 3.98. The third-order valence-corrected chi connectivity index (χ3v) is 8.02. The molecule has 11 nitrogen and oxygen atoms in total. The van der Waals surface area contributed by atoms with E-state index < -0.39 is 5.60 Å². The van der Waals surface area contributed by atoms with Crippen molar-refractivity contribution in [3.8, 4) is 11.8 Å². The number of hydrogen-bond acceptors (Lipinski definition) is 9. The number of nitrogens with two attached hydrogens (primary N) is 1. The minimum atomic E-state index is -0.562. The molecule has 2 aliphatic carbocycles. The van der Waals surface area contributed by atoms with E-state index in [1.54, 1.807) is 32.9 Å². The van der Waals surface area contributed by atoms with Gasteiger partial charge in [0.25, 0.3) is 11.8 Å². The summed E-state index contributed by atoms with van der Waals surface area (Å²) in [6.45, 7) is 6.71. The lowest BCUT2D eigenvalue weighted by Gasteiger charge is -2.19. The molecule has 0 spiro atoms. The summed E-state index contributed by atoms with van der Waals surface area (Å²) in [4.78, 5) is 48.1. The molecule has 4 aliphatic rings. The van der Waals surface area contributed by atoms with Gasteiger partial charge in [-0.05, 0) is 69.6 Å². The van der Waals surface area contributed by atoms with Gasteiger partial charge < -0.3 is 29.7 Å². The van der Waals surface area contributed by atoms with Gasteiger partial charge in [0.1, 0.15) is 18.8 Å². The summed E-state index contributed by atoms with van der Waals surface area (Å²) in [6.07, 6.45) is 8.53. The zero-order chi connectivity index (χ0) is 33.7. The Morgan fingerprint density at radius 2 is 1.31 bits per heavy atom. The Morgan fingerprint density at radius 3 is 1.71 bits per heavy atom. The Morgan fingerprint density at radius 1 is 0.854 bits per heavy atom. The Hall–Kier alpha value is -4.10. The molecule has 2 fully saturated rings. The van der Waals surface area contributed by atoms with Crippen molar-refractivity contribution >= 4 is 30.2 Å². The van der Waals surface area contributed by atoms with Crippen molar-refractivity contribution in [2.45, 2.75) is 90.1 Å². The first-order chi connectivity index (χ1) is 22.5. The SMILES string of the molecule is CC(C)(C)OC(=O)CC/C(=C\F)COc1cc2c(cn1)C(=O)N(C1CC1)C2.Cl.NC/C(=C\F)COc1cc2c(cn1)C(=O)N(C1CC1)C2. The van der Waals surface area contributed by atoms with Crippen LogP contribution in [-0.2, 0) is 22.6 Å². The van der Waals surface area contributed by atoms with Gasteiger partial charge in [-0.2, -0.15) is 0 Å². The molecule has 0 unspecified atom stereocenters. The van der Waals surface area contributed by atoms with Gasteiger partial charge in [0.15, 0.2) is 0 Å². The maximum Gasteiger partial charge on any atom is 0.306 e. The van der Waals surface area contributed by atoms with Gasteiger partial charge in [0.05, 0.1) is 23.8 Å². The summed E-state index contributed by atoms with van der Waals surface area (Å²) < 4.78 is 41.7. The molecule has 0 radical (unpaired) electrons. The highest BCUT2D eigenvalue weighted by Crippen LogP contribution is 2.36. The molecule has 2 amide bonds. The Labute approximate surface area is 284 Å². The number of ether oxygens (including phenoxy) is 3. The fourth-order valence-corrected chi connectivity index (χ4v) is 5.22. The van der Waals surface area contributed by atoms with E-state index in [2.05, 4.69) is 9.97 Å². The van der Waals surface area contributed by atoms with Crippen LogP contribution in [0.2, 0.25) is 0 Å². The number of hydrogen-bond donors (Lipinski definition) is 1. The van der Waals surface area contributed by atoms with E-state index in [1.165, 1.54) is 12.4 Å². The second-order valence-electron chi connectivity index (χ2n) is 13.1. The molecule has 2 aliphatic heterocycles. The average molecular weight is 690 g/mol. The number of amides is 2. The highest BCUT2D eigenvalue weighted by atomic mass is 35.5. The summed E-state index contributed by atoms with van der Waals surface area (Å²) in [5.74, 6) is 0.426. The molecule has 0 bridgehead atoms. The van der Waals surface area contributed by atoms with Crippen LogP contribution in [0.15, 0.2) is 48.3 Å². The number of carbonyl (C=O) groups is 3. The third-order valence-electron chi connectivity index (χ3n) is 8.02. The molecule has 2 N–H and O–H groups in total.